The minimum atomic E-state index is 0.611. The van der Waals surface area contributed by atoms with Gasteiger partial charge in [0.1, 0.15) is 0 Å². The second kappa shape index (κ2) is 5.55. The number of ether oxygens (including phenoxy) is 1. The molecule has 1 heterocycles. The van der Waals surface area contributed by atoms with Gasteiger partial charge in [0, 0.05) is 12.6 Å². The van der Waals surface area contributed by atoms with Gasteiger partial charge >= 0.3 is 0 Å². The first-order chi connectivity index (χ1) is 5.83. The third kappa shape index (κ3) is 3.55. The van der Waals surface area contributed by atoms with E-state index in [4.69, 9.17) is 4.74 Å². The van der Waals surface area contributed by atoms with E-state index in [1.807, 2.05) is 0 Å². The second-order valence-corrected chi connectivity index (χ2v) is 3.86. The van der Waals surface area contributed by atoms with E-state index in [-0.39, 0.29) is 0 Å². The molecule has 0 amide bonds. The van der Waals surface area contributed by atoms with Gasteiger partial charge in [0.05, 0.1) is 13.2 Å². The number of morpholine rings is 1. The number of hydrogen-bond acceptors (Lipinski definition) is 2. The Labute approximate surface area is 75.7 Å². The lowest BCUT2D eigenvalue weighted by molar-refractivity contribution is 0.0689. The molecule has 0 aromatic heterocycles. The fourth-order valence-corrected chi connectivity index (χ4v) is 1.87. The molecule has 12 heavy (non-hydrogen) atoms. The Kier molecular flexibility index (Phi) is 4.62. The molecule has 2 nitrogen and oxygen atoms in total. The zero-order valence-corrected chi connectivity index (χ0v) is 8.31. The second-order valence-electron chi connectivity index (χ2n) is 3.86. The Hall–Kier alpha value is -0.0800. The molecule has 0 aliphatic carbocycles. The molecule has 1 rings (SSSR count). The van der Waals surface area contributed by atoms with E-state index in [0.717, 1.165) is 25.7 Å². The molecule has 1 unspecified atom stereocenters. The Morgan fingerprint density at radius 1 is 1.58 bits per heavy atom. The number of nitrogens with one attached hydrogen (secondary N) is 1. The Morgan fingerprint density at radius 3 is 3.00 bits per heavy atom. The van der Waals surface area contributed by atoms with Crippen molar-refractivity contribution in [2.75, 3.05) is 19.8 Å². The molecule has 1 fully saturated rings. The highest BCUT2D eigenvalue weighted by molar-refractivity contribution is 4.72. The van der Waals surface area contributed by atoms with E-state index in [1.54, 1.807) is 0 Å². The molecule has 0 aromatic carbocycles. The van der Waals surface area contributed by atoms with Crippen LogP contribution in [0.3, 0.4) is 0 Å². The smallest absolute Gasteiger partial charge is 0.0620 e. The van der Waals surface area contributed by atoms with E-state index in [9.17, 15) is 0 Å². The number of rotatable bonds is 4. The topological polar surface area (TPSA) is 21.3 Å². The van der Waals surface area contributed by atoms with Crippen molar-refractivity contribution in [2.24, 2.45) is 5.92 Å². The van der Waals surface area contributed by atoms with Gasteiger partial charge in [0.2, 0.25) is 0 Å². The predicted molar refractivity (Wildman–Crippen MR) is 51.3 cm³/mol. The average Bonchev–Trinajstić information content (AvgIpc) is 2.06. The molecule has 1 saturated heterocycles. The summed E-state index contributed by atoms with van der Waals surface area (Å²) in [6.45, 7) is 7.41. The van der Waals surface area contributed by atoms with E-state index < -0.39 is 0 Å². The van der Waals surface area contributed by atoms with Crippen LogP contribution in [-0.4, -0.2) is 25.8 Å². The van der Waals surface area contributed by atoms with Crippen molar-refractivity contribution in [1.82, 2.24) is 5.32 Å². The van der Waals surface area contributed by atoms with E-state index in [0.29, 0.717) is 6.04 Å². The van der Waals surface area contributed by atoms with Gasteiger partial charge in [-0.25, -0.2) is 0 Å². The van der Waals surface area contributed by atoms with Crippen LogP contribution in [0.2, 0.25) is 0 Å². The first kappa shape index (κ1) is 10.0. The molecular formula is C10H21NO. The SMILES string of the molecule is CCCC(C)C[C@H]1COCCN1. The van der Waals surface area contributed by atoms with Gasteiger partial charge in [0.15, 0.2) is 0 Å². The van der Waals surface area contributed by atoms with Gasteiger partial charge in [-0.1, -0.05) is 26.7 Å². The molecule has 0 saturated carbocycles. The maximum atomic E-state index is 5.40. The van der Waals surface area contributed by atoms with Crippen molar-refractivity contribution in [1.29, 1.82) is 0 Å². The van der Waals surface area contributed by atoms with Gasteiger partial charge < -0.3 is 10.1 Å². The van der Waals surface area contributed by atoms with E-state index >= 15 is 0 Å². The van der Waals surface area contributed by atoms with Crippen LogP contribution < -0.4 is 5.32 Å². The summed E-state index contributed by atoms with van der Waals surface area (Å²) < 4.78 is 5.40. The largest absolute Gasteiger partial charge is 0.379 e. The Balaban J connectivity index is 2.11. The average molecular weight is 171 g/mol. The fourth-order valence-electron chi connectivity index (χ4n) is 1.87. The van der Waals surface area contributed by atoms with Crippen LogP contribution in [0.25, 0.3) is 0 Å². The minimum absolute atomic E-state index is 0.611. The summed E-state index contributed by atoms with van der Waals surface area (Å²) in [5.74, 6) is 0.842. The lowest BCUT2D eigenvalue weighted by Crippen LogP contribution is -2.42. The molecule has 2 heteroatoms. The van der Waals surface area contributed by atoms with Gasteiger partial charge in [0.25, 0.3) is 0 Å². The lowest BCUT2D eigenvalue weighted by atomic mass is 9.97. The van der Waals surface area contributed by atoms with Crippen molar-refractivity contribution in [3.63, 3.8) is 0 Å². The molecular weight excluding hydrogens is 150 g/mol. The third-order valence-electron chi connectivity index (χ3n) is 2.47. The summed E-state index contributed by atoms with van der Waals surface area (Å²) in [5, 5.41) is 3.48. The van der Waals surface area contributed by atoms with Crippen LogP contribution in [0.1, 0.15) is 33.1 Å². The Bertz CT molecular complexity index is 110. The quantitative estimate of drug-likeness (QED) is 0.696. The highest BCUT2D eigenvalue weighted by atomic mass is 16.5. The molecule has 72 valence electrons. The zero-order chi connectivity index (χ0) is 8.81. The summed E-state index contributed by atoms with van der Waals surface area (Å²) in [4.78, 5) is 0. The minimum Gasteiger partial charge on any atom is -0.379 e. The first-order valence-electron chi connectivity index (χ1n) is 5.14. The van der Waals surface area contributed by atoms with Gasteiger partial charge in [-0.2, -0.15) is 0 Å². The fraction of sp³-hybridized carbons (Fsp3) is 1.00. The van der Waals surface area contributed by atoms with Crippen molar-refractivity contribution in [3.8, 4) is 0 Å². The zero-order valence-electron chi connectivity index (χ0n) is 8.31. The van der Waals surface area contributed by atoms with E-state index in [1.165, 1.54) is 19.3 Å². The normalized spacial score (nSPS) is 27.0. The first-order valence-corrected chi connectivity index (χ1v) is 5.14. The Morgan fingerprint density at radius 2 is 2.42 bits per heavy atom. The van der Waals surface area contributed by atoms with Gasteiger partial charge in [-0.15, -0.1) is 0 Å². The van der Waals surface area contributed by atoms with Crippen LogP contribution in [0.5, 0.6) is 0 Å². The lowest BCUT2D eigenvalue weighted by Gasteiger charge is -2.26. The van der Waals surface area contributed by atoms with E-state index in [2.05, 4.69) is 19.2 Å². The molecule has 2 atom stereocenters. The van der Waals surface area contributed by atoms with Crippen molar-refractivity contribution < 1.29 is 4.74 Å². The van der Waals surface area contributed by atoms with Crippen molar-refractivity contribution >= 4 is 0 Å². The molecule has 0 spiro atoms. The third-order valence-corrected chi connectivity index (χ3v) is 2.47. The molecule has 1 aliphatic rings. The molecule has 1 N–H and O–H groups in total. The molecule has 0 bridgehead atoms. The highest BCUT2D eigenvalue weighted by Gasteiger charge is 2.15. The van der Waals surface area contributed by atoms with Crippen LogP contribution >= 0.6 is 0 Å². The van der Waals surface area contributed by atoms with Crippen molar-refractivity contribution in [2.45, 2.75) is 39.2 Å². The summed E-state index contributed by atoms with van der Waals surface area (Å²) in [7, 11) is 0. The van der Waals surface area contributed by atoms with Crippen LogP contribution in [0.4, 0.5) is 0 Å². The number of hydrogen-bond donors (Lipinski definition) is 1. The van der Waals surface area contributed by atoms with Gasteiger partial charge in [-0.3, -0.25) is 0 Å². The summed E-state index contributed by atoms with van der Waals surface area (Å²) in [5.41, 5.74) is 0. The maximum absolute atomic E-state index is 5.40. The summed E-state index contributed by atoms with van der Waals surface area (Å²) in [6, 6.07) is 0.611. The highest BCUT2D eigenvalue weighted by Crippen LogP contribution is 2.13. The van der Waals surface area contributed by atoms with Crippen LogP contribution in [-0.2, 0) is 4.74 Å². The van der Waals surface area contributed by atoms with Crippen LogP contribution in [0, 0.1) is 5.92 Å². The molecule has 0 radical (unpaired) electrons. The van der Waals surface area contributed by atoms with Crippen molar-refractivity contribution in [3.05, 3.63) is 0 Å². The molecule has 1 aliphatic heterocycles. The summed E-state index contributed by atoms with van der Waals surface area (Å²) in [6.07, 6.45) is 3.92. The standard InChI is InChI=1S/C10H21NO/c1-3-4-9(2)7-10-8-12-6-5-11-10/h9-11H,3-8H2,1-2H3/t9?,10-/m0/s1. The predicted octanol–water partition coefficient (Wildman–Crippen LogP) is 1.80. The maximum Gasteiger partial charge on any atom is 0.0620 e. The molecule has 0 aromatic rings. The monoisotopic (exact) mass is 171 g/mol. The van der Waals surface area contributed by atoms with Crippen LogP contribution in [0.15, 0.2) is 0 Å². The summed E-state index contributed by atoms with van der Waals surface area (Å²) >= 11 is 0. The van der Waals surface area contributed by atoms with Gasteiger partial charge in [-0.05, 0) is 12.3 Å².